The highest BCUT2D eigenvalue weighted by Gasteiger charge is 2.32. The summed E-state index contributed by atoms with van der Waals surface area (Å²) in [5, 5.41) is 11.8. The number of rotatable bonds is 25. The molecule has 0 saturated carbocycles. The monoisotopic (exact) mass is 469 g/mol. The first-order chi connectivity index (χ1) is 15.5. The van der Waals surface area contributed by atoms with Crippen molar-refractivity contribution in [2.75, 3.05) is 0 Å². The first-order valence-electron chi connectivity index (χ1n) is 14.7. The maximum atomic E-state index is 11.8. The summed E-state index contributed by atoms with van der Waals surface area (Å²) in [5.74, 6) is -1.12. The van der Waals surface area contributed by atoms with Gasteiger partial charge in [0, 0.05) is 11.9 Å². The predicted octanol–water partition coefficient (Wildman–Crippen LogP) is 9.77. The Labute approximate surface area is 208 Å². The van der Waals surface area contributed by atoms with Crippen LogP contribution in [0.15, 0.2) is 0 Å². The molecule has 0 aliphatic heterocycles. The van der Waals surface area contributed by atoms with Crippen LogP contribution in [0.2, 0.25) is 0 Å². The number of aliphatic carboxylic acids is 1. The van der Waals surface area contributed by atoms with E-state index in [2.05, 4.69) is 20.8 Å². The van der Waals surface area contributed by atoms with E-state index in [9.17, 15) is 9.90 Å². The lowest BCUT2D eigenvalue weighted by atomic mass is 9.69. The first-order valence-corrected chi connectivity index (χ1v) is 14.7. The second-order valence-corrected chi connectivity index (χ2v) is 10.8. The van der Waals surface area contributed by atoms with E-state index >= 15 is 0 Å². The standard InChI is InChI=1S/C30H60O2.H3N/c1-5-8-10-12-14-16-18-20-22-24-26-30(4,28(7-3)29(31)32)27-25-23-21-19-17-15-13-11-9-6-2;/h28H,5-27H2,1-4H3,(H,31,32);1H3. The second kappa shape index (κ2) is 24.6. The number of carboxylic acids is 1. The average Bonchev–Trinajstić information content (AvgIpc) is 2.76. The van der Waals surface area contributed by atoms with Crippen LogP contribution in [0.5, 0.6) is 0 Å². The van der Waals surface area contributed by atoms with Gasteiger partial charge in [-0.15, -0.1) is 0 Å². The number of hydrogen-bond donors (Lipinski definition) is 1. The number of quaternary nitrogens is 1. The Morgan fingerprint density at radius 3 is 1.09 bits per heavy atom. The molecule has 4 N–H and O–H groups in total. The van der Waals surface area contributed by atoms with Crippen LogP contribution in [0.25, 0.3) is 0 Å². The molecule has 0 radical (unpaired) electrons. The van der Waals surface area contributed by atoms with Crippen LogP contribution in [0.4, 0.5) is 0 Å². The van der Waals surface area contributed by atoms with Crippen molar-refractivity contribution in [3.05, 3.63) is 0 Å². The smallest absolute Gasteiger partial charge is 0.0450 e. The van der Waals surface area contributed by atoms with Gasteiger partial charge in [0.2, 0.25) is 0 Å². The van der Waals surface area contributed by atoms with E-state index in [1.807, 2.05) is 6.92 Å². The number of carbonyl (C=O) groups excluding carboxylic acids is 1. The second-order valence-electron chi connectivity index (χ2n) is 10.8. The molecule has 0 fully saturated rings. The van der Waals surface area contributed by atoms with Crippen LogP contribution in [0, 0.1) is 11.3 Å². The summed E-state index contributed by atoms with van der Waals surface area (Å²) in [6.45, 7) is 8.80. The SMILES string of the molecule is CCCCCCCCCCCCC(C)(CCCCCCCCCCCC)C(CC)C(=O)[O-].[NH4+]. The normalized spacial score (nSPS) is 12.5. The lowest BCUT2D eigenvalue weighted by Crippen LogP contribution is -2.41. The molecule has 33 heavy (non-hydrogen) atoms. The number of carboxylic acid groups (broad SMARTS) is 1. The molecular weight excluding hydrogens is 406 g/mol. The zero-order valence-electron chi connectivity index (χ0n) is 23.7. The van der Waals surface area contributed by atoms with Crippen LogP contribution in [0.3, 0.4) is 0 Å². The lowest BCUT2D eigenvalue weighted by Gasteiger charge is -2.38. The quantitative estimate of drug-likeness (QED) is 0.135. The molecule has 0 aromatic carbocycles. The summed E-state index contributed by atoms with van der Waals surface area (Å²) in [5.41, 5.74) is -0.0894. The van der Waals surface area contributed by atoms with E-state index in [-0.39, 0.29) is 17.5 Å². The molecule has 0 saturated heterocycles. The fourth-order valence-electron chi connectivity index (χ4n) is 5.45. The summed E-state index contributed by atoms with van der Waals surface area (Å²) in [6.07, 6.45) is 29.5. The average molecular weight is 470 g/mol. The Morgan fingerprint density at radius 1 is 0.576 bits per heavy atom. The Morgan fingerprint density at radius 2 is 0.848 bits per heavy atom. The molecule has 200 valence electrons. The van der Waals surface area contributed by atoms with Gasteiger partial charge in [0.05, 0.1) is 0 Å². The van der Waals surface area contributed by atoms with Crippen molar-refractivity contribution in [2.45, 2.75) is 175 Å². The van der Waals surface area contributed by atoms with Gasteiger partial charge in [0.1, 0.15) is 0 Å². The van der Waals surface area contributed by atoms with Crippen molar-refractivity contribution in [3.8, 4) is 0 Å². The molecule has 0 aromatic heterocycles. The topological polar surface area (TPSA) is 76.6 Å². The first kappa shape index (κ1) is 34.6. The van der Waals surface area contributed by atoms with Gasteiger partial charge in [-0.2, -0.15) is 0 Å². The van der Waals surface area contributed by atoms with Gasteiger partial charge in [-0.1, -0.05) is 156 Å². The minimum absolute atomic E-state index is 0. The maximum absolute atomic E-state index is 11.8. The van der Waals surface area contributed by atoms with Crippen molar-refractivity contribution in [3.63, 3.8) is 0 Å². The van der Waals surface area contributed by atoms with Gasteiger partial charge in [-0.25, -0.2) is 0 Å². The lowest BCUT2D eigenvalue weighted by molar-refractivity contribution is -0.315. The van der Waals surface area contributed by atoms with E-state index in [0.717, 1.165) is 12.8 Å². The summed E-state index contributed by atoms with van der Waals surface area (Å²) < 4.78 is 0. The van der Waals surface area contributed by atoms with Gasteiger partial charge >= 0.3 is 0 Å². The molecule has 0 rings (SSSR count). The molecule has 0 aliphatic rings. The van der Waals surface area contributed by atoms with Gasteiger partial charge in [0.15, 0.2) is 0 Å². The molecule has 0 bridgehead atoms. The fraction of sp³-hybridized carbons (Fsp3) is 0.967. The third kappa shape index (κ3) is 19.4. The van der Waals surface area contributed by atoms with E-state index in [0.29, 0.717) is 6.42 Å². The highest BCUT2D eigenvalue weighted by Crippen LogP contribution is 2.40. The molecule has 3 heteroatoms. The summed E-state index contributed by atoms with van der Waals surface area (Å²) in [4.78, 5) is 11.8. The van der Waals surface area contributed by atoms with E-state index < -0.39 is 5.97 Å². The molecule has 1 unspecified atom stereocenters. The highest BCUT2D eigenvalue weighted by molar-refractivity contribution is 5.68. The predicted molar refractivity (Wildman–Crippen MR) is 146 cm³/mol. The van der Waals surface area contributed by atoms with Gasteiger partial charge in [-0.05, 0) is 24.7 Å². The van der Waals surface area contributed by atoms with E-state index in [1.54, 1.807) is 0 Å². The highest BCUT2D eigenvalue weighted by atomic mass is 16.4. The van der Waals surface area contributed by atoms with E-state index in [4.69, 9.17) is 0 Å². The van der Waals surface area contributed by atoms with Gasteiger partial charge < -0.3 is 16.1 Å². The Bertz CT molecular complexity index is 386. The zero-order valence-corrected chi connectivity index (χ0v) is 23.7. The molecule has 0 aliphatic carbocycles. The van der Waals surface area contributed by atoms with Crippen LogP contribution >= 0.6 is 0 Å². The van der Waals surface area contributed by atoms with Crippen LogP contribution < -0.4 is 11.3 Å². The van der Waals surface area contributed by atoms with Crippen LogP contribution in [-0.2, 0) is 4.79 Å². The zero-order chi connectivity index (χ0) is 23.9. The van der Waals surface area contributed by atoms with Crippen molar-refractivity contribution < 1.29 is 9.90 Å². The third-order valence-electron chi connectivity index (χ3n) is 7.74. The minimum Gasteiger partial charge on any atom is -0.550 e. The van der Waals surface area contributed by atoms with Crippen LogP contribution in [-0.4, -0.2) is 5.97 Å². The molecule has 0 amide bonds. The van der Waals surface area contributed by atoms with Gasteiger partial charge in [0.25, 0.3) is 0 Å². The summed E-state index contributed by atoms with van der Waals surface area (Å²) in [7, 11) is 0. The Balaban J connectivity index is 0. The fourth-order valence-corrected chi connectivity index (χ4v) is 5.45. The van der Waals surface area contributed by atoms with E-state index in [1.165, 1.54) is 128 Å². The van der Waals surface area contributed by atoms with Gasteiger partial charge in [-0.3, -0.25) is 0 Å². The number of hydrogen-bond acceptors (Lipinski definition) is 2. The molecule has 0 heterocycles. The van der Waals surface area contributed by atoms with Crippen molar-refractivity contribution in [2.24, 2.45) is 11.3 Å². The van der Waals surface area contributed by atoms with Crippen LogP contribution in [0.1, 0.15) is 175 Å². The molecule has 0 spiro atoms. The molecule has 3 nitrogen and oxygen atoms in total. The number of unbranched alkanes of at least 4 members (excludes halogenated alkanes) is 18. The largest absolute Gasteiger partial charge is 0.550 e. The summed E-state index contributed by atoms with van der Waals surface area (Å²) in [6, 6.07) is 0. The molecule has 0 aromatic rings. The summed E-state index contributed by atoms with van der Waals surface area (Å²) >= 11 is 0. The number of carbonyl (C=O) groups is 1. The molecule has 1 atom stereocenters. The Hall–Kier alpha value is -0.570. The van der Waals surface area contributed by atoms with Crippen molar-refractivity contribution in [1.29, 1.82) is 0 Å². The van der Waals surface area contributed by atoms with Crippen molar-refractivity contribution >= 4 is 5.97 Å². The van der Waals surface area contributed by atoms with Crippen molar-refractivity contribution in [1.82, 2.24) is 6.15 Å². The maximum Gasteiger partial charge on any atom is 0.0450 e. The molecular formula is C30H63NO2. The minimum atomic E-state index is -0.825. The Kier molecular flexibility index (Phi) is 25.7. The third-order valence-corrected chi connectivity index (χ3v) is 7.74.